The summed E-state index contributed by atoms with van der Waals surface area (Å²) in [7, 11) is 1.73. The monoisotopic (exact) mass is 240 g/mol. The molecule has 4 heteroatoms. The number of nitrogens with two attached hydrogens (primary N) is 1. The quantitative estimate of drug-likeness (QED) is 0.797. The second-order valence-electron chi connectivity index (χ2n) is 5.55. The molecule has 0 aromatic heterocycles. The molecule has 0 aromatic carbocycles. The van der Waals surface area contributed by atoms with E-state index in [9.17, 15) is 4.79 Å². The van der Waals surface area contributed by atoms with E-state index >= 15 is 0 Å². The van der Waals surface area contributed by atoms with Gasteiger partial charge in [-0.15, -0.1) is 0 Å². The molecule has 4 nitrogen and oxygen atoms in total. The third-order valence-corrected chi connectivity index (χ3v) is 4.36. The standard InChI is InChI=1S/C13H24N2O2/c1-17-9-11-4-2-7-15(8-11)12(16)13(10-14)5-3-6-13/h11H,2-10,14H2,1H3. The van der Waals surface area contributed by atoms with E-state index in [1.807, 2.05) is 4.90 Å². The van der Waals surface area contributed by atoms with Gasteiger partial charge in [-0.2, -0.15) is 0 Å². The Morgan fingerprint density at radius 2 is 2.24 bits per heavy atom. The van der Waals surface area contributed by atoms with Gasteiger partial charge in [-0.25, -0.2) is 0 Å². The molecule has 17 heavy (non-hydrogen) atoms. The molecule has 2 fully saturated rings. The van der Waals surface area contributed by atoms with Crippen molar-refractivity contribution in [2.75, 3.05) is 33.4 Å². The van der Waals surface area contributed by atoms with Crippen LogP contribution in [0.5, 0.6) is 0 Å². The van der Waals surface area contributed by atoms with Gasteiger partial charge in [0.05, 0.1) is 12.0 Å². The van der Waals surface area contributed by atoms with Gasteiger partial charge in [-0.1, -0.05) is 6.42 Å². The molecule has 2 rings (SSSR count). The van der Waals surface area contributed by atoms with Gasteiger partial charge in [0.15, 0.2) is 0 Å². The molecule has 0 bridgehead atoms. The van der Waals surface area contributed by atoms with E-state index in [-0.39, 0.29) is 5.41 Å². The third-order valence-electron chi connectivity index (χ3n) is 4.36. The van der Waals surface area contributed by atoms with Crippen molar-refractivity contribution in [2.24, 2.45) is 17.1 Å². The molecule has 0 radical (unpaired) electrons. The first kappa shape index (κ1) is 12.8. The van der Waals surface area contributed by atoms with Crippen molar-refractivity contribution in [3.05, 3.63) is 0 Å². The first-order valence-electron chi connectivity index (χ1n) is 6.70. The lowest BCUT2D eigenvalue weighted by Gasteiger charge is -2.44. The van der Waals surface area contributed by atoms with Crippen LogP contribution in [0, 0.1) is 11.3 Å². The van der Waals surface area contributed by atoms with Gasteiger partial charge in [-0.05, 0) is 31.6 Å². The Hall–Kier alpha value is -0.610. The van der Waals surface area contributed by atoms with E-state index in [0.717, 1.165) is 45.4 Å². The van der Waals surface area contributed by atoms with Crippen LogP contribution in [0.1, 0.15) is 32.1 Å². The highest BCUT2D eigenvalue weighted by Crippen LogP contribution is 2.42. The molecule has 1 amide bonds. The van der Waals surface area contributed by atoms with Crippen molar-refractivity contribution in [1.29, 1.82) is 0 Å². The molecular weight excluding hydrogens is 216 g/mol. The number of carbonyl (C=O) groups is 1. The summed E-state index contributed by atoms with van der Waals surface area (Å²) in [6.45, 7) is 3.03. The van der Waals surface area contributed by atoms with Crippen LogP contribution in [0.4, 0.5) is 0 Å². The SMILES string of the molecule is COCC1CCCN(C(=O)C2(CN)CCC2)C1. The van der Waals surface area contributed by atoms with Crippen LogP contribution in [0.3, 0.4) is 0 Å². The van der Waals surface area contributed by atoms with Crippen molar-refractivity contribution in [2.45, 2.75) is 32.1 Å². The molecule has 1 heterocycles. The Morgan fingerprint density at radius 1 is 1.47 bits per heavy atom. The van der Waals surface area contributed by atoms with E-state index in [2.05, 4.69) is 0 Å². The maximum Gasteiger partial charge on any atom is 0.230 e. The number of piperidine rings is 1. The summed E-state index contributed by atoms with van der Waals surface area (Å²) in [5.74, 6) is 0.805. The number of hydrogen-bond acceptors (Lipinski definition) is 3. The summed E-state index contributed by atoms with van der Waals surface area (Å²) in [4.78, 5) is 14.5. The molecule has 1 saturated heterocycles. The molecule has 1 saturated carbocycles. The number of nitrogens with zero attached hydrogens (tertiary/aromatic N) is 1. The zero-order valence-corrected chi connectivity index (χ0v) is 10.8. The number of ether oxygens (including phenoxy) is 1. The van der Waals surface area contributed by atoms with Crippen molar-refractivity contribution < 1.29 is 9.53 Å². The summed E-state index contributed by atoms with van der Waals surface area (Å²) in [6, 6.07) is 0. The minimum Gasteiger partial charge on any atom is -0.384 e. The molecule has 1 unspecified atom stereocenters. The van der Waals surface area contributed by atoms with Crippen LogP contribution in [0.2, 0.25) is 0 Å². The maximum absolute atomic E-state index is 12.5. The summed E-state index contributed by atoms with van der Waals surface area (Å²) in [5.41, 5.74) is 5.58. The number of amides is 1. The smallest absolute Gasteiger partial charge is 0.230 e. The van der Waals surface area contributed by atoms with Crippen molar-refractivity contribution in [1.82, 2.24) is 4.90 Å². The maximum atomic E-state index is 12.5. The number of likely N-dealkylation sites (tertiary alicyclic amines) is 1. The minimum absolute atomic E-state index is 0.213. The van der Waals surface area contributed by atoms with Gasteiger partial charge < -0.3 is 15.4 Å². The Kier molecular flexibility index (Phi) is 4.05. The predicted molar refractivity (Wildman–Crippen MR) is 66.5 cm³/mol. The van der Waals surface area contributed by atoms with Gasteiger partial charge >= 0.3 is 0 Å². The Balaban J connectivity index is 1.94. The lowest BCUT2D eigenvalue weighted by atomic mass is 9.67. The molecule has 1 atom stereocenters. The third kappa shape index (κ3) is 2.47. The van der Waals surface area contributed by atoms with Crippen molar-refractivity contribution >= 4 is 5.91 Å². The highest BCUT2D eigenvalue weighted by molar-refractivity contribution is 5.84. The summed E-state index contributed by atoms with van der Waals surface area (Å²) in [5, 5.41) is 0. The predicted octanol–water partition coefficient (Wildman–Crippen LogP) is 1.00. The fraction of sp³-hybridized carbons (Fsp3) is 0.923. The second-order valence-corrected chi connectivity index (χ2v) is 5.55. The lowest BCUT2D eigenvalue weighted by Crippen LogP contribution is -2.54. The fourth-order valence-electron chi connectivity index (χ4n) is 3.07. The van der Waals surface area contributed by atoms with Crippen LogP contribution in [0.15, 0.2) is 0 Å². The van der Waals surface area contributed by atoms with Crippen LogP contribution in [0.25, 0.3) is 0 Å². The Bertz CT molecular complexity index is 269. The zero-order valence-electron chi connectivity index (χ0n) is 10.8. The topological polar surface area (TPSA) is 55.6 Å². The van der Waals surface area contributed by atoms with E-state index in [4.69, 9.17) is 10.5 Å². The van der Waals surface area contributed by atoms with Crippen LogP contribution < -0.4 is 5.73 Å². The average Bonchev–Trinajstić information content (AvgIpc) is 2.29. The van der Waals surface area contributed by atoms with E-state index in [1.165, 1.54) is 6.42 Å². The highest BCUT2D eigenvalue weighted by atomic mass is 16.5. The summed E-state index contributed by atoms with van der Waals surface area (Å²) >= 11 is 0. The van der Waals surface area contributed by atoms with Crippen molar-refractivity contribution in [3.8, 4) is 0 Å². The molecule has 1 aliphatic carbocycles. The normalized spacial score (nSPS) is 27.6. The zero-order chi connectivity index (χ0) is 12.3. The number of hydrogen-bond donors (Lipinski definition) is 1. The fourth-order valence-corrected chi connectivity index (χ4v) is 3.07. The Morgan fingerprint density at radius 3 is 2.76 bits per heavy atom. The lowest BCUT2D eigenvalue weighted by molar-refractivity contribution is -0.149. The van der Waals surface area contributed by atoms with Crippen LogP contribution in [-0.4, -0.2) is 44.2 Å². The molecule has 1 aliphatic heterocycles. The van der Waals surface area contributed by atoms with E-state index in [1.54, 1.807) is 7.11 Å². The highest BCUT2D eigenvalue weighted by Gasteiger charge is 2.45. The Labute approximate surface area is 103 Å². The van der Waals surface area contributed by atoms with E-state index in [0.29, 0.717) is 18.4 Å². The van der Waals surface area contributed by atoms with Gasteiger partial charge in [0.1, 0.15) is 0 Å². The second kappa shape index (κ2) is 5.36. The van der Waals surface area contributed by atoms with Crippen LogP contribution in [-0.2, 0) is 9.53 Å². The molecular formula is C13H24N2O2. The van der Waals surface area contributed by atoms with Gasteiger partial charge in [0.2, 0.25) is 5.91 Å². The van der Waals surface area contributed by atoms with Gasteiger partial charge in [-0.3, -0.25) is 4.79 Å². The number of rotatable bonds is 4. The number of methoxy groups -OCH3 is 1. The largest absolute Gasteiger partial charge is 0.384 e. The minimum atomic E-state index is -0.213. The first-order chi connectivity index (χ1) is 8.22. The summed E-state index contributed by atoms with van der Waals surface area (Å²) in [6.07, 6.45) is 5.38. The molecule has 2 aliphatic rings. The molecule has 0 spiro atoms. The number of carbonyl (C=O) groups excluding carboxylic acids is 1. The molecule has 98 valence electrons. The van der Waals surface area contributed by atoms with Crippen LogP contribution >= 0.6 is 0 Å². The molecule has 2 N–H and O–H groups in total. The molecule has 0 aromatic rings. The van der Waals surface area contributed by atoms with Crippen molar-refractivity contribution in [3.63, 3.8) is 0 Å². The van der Waals surface area contributed by atoms with Gasteiger partial charge in [0.25, 0.3) is 0 Å². The van der Waals surface area contributed by atoms with Gasteiger partial charge in [0, 0.05) is 26.7 Å². The average molecular weight is 240 g/mol. The van der Waals surface area contributed by atoms with E-state index < -0.39 is 0 Å². The first-order valence-corrected chi connectivity index (χ1v) is 6.70. The summed E-state index contributed by atoms with van der Waals surface area (Å²) < 4.78 is 5.20.